The van der Waals surface area contributed by atoms with E-state index in [2.05, 4.69) is 4.72 Å². The molecule has 2 N–H and O–H groups in total. The first-order chi connectivity index (χ1) is 15.7. The van der Waals surface area contributed by atoms with E-state index in [-0.39, 0.29) is 10.6 Å². The molecular weight excluding hydrogens is 467 g/mol. The number of rotatable bonds is 8. The Morgan fingerprint density at radius 1 is 1.30 bits per heavy atom. The van der Waals surface area contributed by atoms with E-state index in [4.69, 9.17) is 9.84 Å². The molecule has 10 heteroatoms. The topological polar surface area (TPSA) is 95.9 Å². The molecule has 178 valence electrons. The number of sulfonamides is 1. The van der Waals surface area contributed by atoms with Crippen LogP contribution in [0.3, 0.4) is 0 Å². The third-order valence-corrected chi connectivity index (χ3v) is 7.97. The van der Waals surface area contributed by atoms with Crippen LogP contribution in [0.2, 0.25) is 0 Å². The van der Waals surface area contributed by atoms with E-state index in [1.807, 2.05) is 49.1 Å². The first-order valence-corrected chi connectivity index (χ1v) is 13.2. The van der Waals surface area contributed by atoms with Crippen LogP contribution in [0.4, 0.5) is 15.8 Å². The first-order valence-electron chi connectivity index (χ1n) is 10.5. The Hall–Kier alpha value is -2.56. The molecule has 3 rings (SSSR count). The van der Waals surface area contributed by atoms with Crippen LogP contribution in [0.15, 0.2) is 64.3 Å². The number of fused-ring (bicyclic) bond motifs is 1. The van der Waals surface area contributed by atoms with Gasteiger partial charge in [-0.1, -0.05) is 38.5 Å². The van der Waals surface area contributed by atoms with Crippen LogP contribution in [0.5, 0.6) is 5.75 Å². The molecule has 0 aliphatic carbocycles. The predicted molar refractivity (Wildman–Crippen MR) is 127 cm³/mol. The molecule has 1 atom stereocenters. The molecule has 0 bridgehead atoms. The zero-order valence-electron chi connectivity index (χ0n) is 18.7. The van der Waals surface area contributed by atoms with Gasteiger partial charge < -0.3 is 14.7 Å². The van der Waals surface area contributed by atoms with Crippen molar-refractivity contribution in [1.29, 1.82) is 0 Å². The molecule has 2 aromatic rings. The van der Waals surface area contributed by atoms with Crippen molar-refractivity contribution in [2.24, 2.45) is 0 Å². The predicted octanol–water partition coefficient (Wildman–Crippen LogP) is 5.06. The fourth-order valence-corrected chi connectivity index (χ4v) is 6.18. The number of halogens is 1. The number of anilines is 2. The second-order valence-electron chi connectivity index (χ2n) is 7.77. The van der Waals surface area contributed by atoms with Crippen molar-refractivity contribution in [3.63, 3.8) is 0 Å². The van der Waals surface area contributed by atoms with Crippen molar-refractivity contribution in [3.8, 4) is 5.75 Å². The fourth-order valence-electron chi connectivity index (χ4n) is 3.94. The third-order valence-electron chi connectivity index (χ3n) is 5.60. The van der Waals surface area contributed by atoms with E-state index >= 15 is 0 Å². The van der Waals surface area contributed by atoms with Crippen LogP contribution >= 0.6 is 11.8 Å². The number of hydrogen-bond acceptors (Lipinski definition) is 6. The number of nitrogens with one attached hydrogen (secondary N) is 1. The van der Waals surface area contributed by atoms with Gasteiger partial charge in [0.05, 0.1) is 16.1 Å². The molecule has 0 aromatic heterocycles. The van der Waals surface area contributed by atoms with E-state index < -0.39 is 27.4 Å². The van der Waals surface area contributed by atoms with Crippen LogP contribution in [-0.4, -0.2) is 37.8 Å². The highest BCUT2D eigenvalue weighted by Gasteiger charge is 2.41. The summed E-state index contributed by atoms with van der Waals surface area (Å²) in [5.41, 5.74) is 0.613. The van der Waals surface area contributed by atoms with Gasteiger partial charge in [0.25, 0.3) is 0 Å². The van der Waals surface area contributed by atoms with Gasteiger partial charge in [0.2, 0.25) is 15.9 Å². The lowest BCUT2D eigenvalue weighted by atomic mass is 9.90. The van der Waals surface area contributed by atoms with E-state index in [9.17, 15) is 17.6 Å². The number of carboxylic acids is 1. The summed E-state index contributed by atoms with van der Waals surface area (Å²) in [4.78, 5) is 13.3. The summed E-state index contributed by atoms with van der Waals surface area (Å²) in [5.74, 6) is -3.21. The normalized spacial score (nSPS) is 20.1. The zero-order chi connectivity index (χ0) is 24.2. The van der Waals surface area contributed by atoms with E-state index in [1.165, 1.54) is 17.8 Å². The van der Waals surface area contributed by atoms with Gasteiger partial charge >= 0.3 is 5.97 Å². The smallest absolute Gasteiger partial charge is 0.368 e. The highest BCUT2D eigenvalue weighted by molar-refractivity contribution is 7.98. The van der Waals surface area contributed by atoms with Crippen molar-refractivity contribution in [3.05, 3.63) is 54.6 Å². The van der Waals surface area contributed by atoms with E-state index in [1.54, 1.807) is 12.3 Å². The second kappa shape index (κ2) is 10.1. The minimum Gasteiger partial charge on any atom is -0.476 e. The van der Waals surface area contributed by atoms with Gasteiger partial charge in [0.15, 0.2) is 0 Å². The summed E-state index contributed by atoms with van der Waals surface area (Å²) in [6.45, 7) is 4.39. The fraction of sp³-hybridized carbons (Fsp3) is 0.348. The lowest BCUT2D eigenvalue weighted by Crippen LogP contribution is -2.52. The lowest BCUT2D eigenvalue weighted by molar-refractivity contribution is -0.134. The summed E-state index contributed by atoms with van der Waals surface area (Å²) in [7, 11) is -3.98. The minimum atomic E-state index is -3.98. The van der Waals surface area contributed by atoms with Crippen molar-refractivity contribution in [2.45, 2.75) is 48.4 Å². The molecule has 7 nitrogen and oxygen atoms in total. The molecule has 0 fully saturated rings. The van der Waals surface area contributed by atoms with Crippen LogP contribution in [0.1, 0.15) is 33.1 Å². The van der Waals surface area contributed by atoms with Gasteiger partial charge in [-0.3, -0.25) is 0 Å². The summed E-state index contributed by atoms with van der Waals surface area (Å²) in [6.07, 6.45) is 4.26. The van der Waals surface area contributed by atoms with Gasteiger partial charge in [-0.2, -0.15) is 4.39 Å². The largest absolute Gasteiger partial charge is 0.476 e. The highest BCUT2D eigenvalue weighted by atomic mass is 32.2. The Balaban J connectivity index is 2.25. The number of hydrogen-bond donors (Lipinski definition) is 2. The quantitative estimate of drug-likeness (QED) is 0.301. The summed E-state index contributed by atoms with van der Waals surface area (Å²) < 4.78 is 48.8. The molecular formula is C23H27FN2O5S2. The molecule has 0 radical (unpaired) electrons. The average Bonchev–Trinajstić information content (AvgIpc) is 2.89. The van der Waals surface area contributed by atoms with Gasteiger partial charge in [0, 0.05) is 18.3 Å². The maximum absolute atomic E-state index is 13.5. The molecule has 1 aliphatic rings. The Morgan fingerprint density at radius 2 is 2.00 bits per heavy atom. The number of ether oxygens (including phenoxy) is 1. The number of benzene rings is 2. The molecule has 33 heavy (non-hydrogen) atoms. The Labute approximate surface area is 197 Å². The van der Waals surface area contributed by atoms with Crippen molar-refractivity contribution in [2.75, 3.05) is 17.7 Å². The number of carbonyl (C=O) groups is 1. The number of carboxylic acid groups (broad SMARTS) is 1. The van der Waals surface area contributed by atoms with Crippen molar-refractivity contribution < 1.29 is 27.4 Å². The maximum atomic E-state index is 13.5. The second-order valence-corrected chi connectivity index (χ2v) is 10.3. The SMILES string of the molecule is CCC[C@]1(CC)CN(c2ccccc2)c2cc(SC)c(O/C=C(\F)C(=O)O)cc2S(=O)(=O)N1. The average molecular weight is 495 g/mol. The maximum Gasteiger partial charge on any atom is 0.368 e. The summed E-state index contributed by atoms with van der Waals surface area (Å²) >= 11 is 1.28. The van der Waals surface area contributed by atoms with Gasteiger partial charge in [-0.25, -0.2) is 17.9 Å². The number of nitrogens with zero attached hydrogens (tertiary/aromatic N) is 1. The van der Waals surface area contributed by atoms with Gasteiger partial charge in [-0.15, -0.1) is 11.8 Å². The Morgan fingerprint density at radius 3 is 2.58 bits per heavy atom. The summed E-state index contributed by atoms with van der Waals surface area (Å²) in [5, 5.41) is 8.75. The van der Waals surface area contributed by atoms with Crippen molar-refractivity contribution in [1.82, 2.24) is 4.72 Å². The molecule has 0 saturated heterocycles. The molecule has 1 heterocycles. The number of aliphatic carboxylic acids is 1. The molecule has 1 aliphatic heterocycles. The Kier molecular flexibility index (Phi) is 7.71. The van der Waals surface area contributed by atoms with Gasteiger partial charge in [0.1, 0.15) is 16.9 Å². The molecule has 0 saturated carbocycles. The third kappa shape index (κ3) is 5.34. The zero-order valence-corrected chi connectivity index (χ0v) is 20.3. The standard InChI is InChI=1S/C23H27FN2O5S2/c1-4-11-23(5-2)15-26(16-9-7-6-8-10-16)18-12-20(32-3)19(31-14-17(24)22(27)28)13-21(18)33(29,30)25-23/h6-10,12-14,25H,4-5,11,15H2,1-3H3,(H,27,28)/b17-14-/t23-/m1/s1. The molecule has 2 aromatic carbocycles. The lowest BCUT2D eigenvalue weighted by Gasteiger charge is -2.36. The minimum absolute atomic E-state index is 0.0188. The number of thioether (sulfide) groups is 1. The molecule has 0 unspecified atom stereocenters. The van der Waals surface area contributed by atoms with Gasteiger partial charge in [-0.05, 0) is 37.3 Å². The highest BCUT2D eigenvalue weighted by Crippen LogP contribution is 2.43. The number of para-hydroxylation sites is 1. The van der Waals surface area contributed by atoms with Crippen molar-refractivity contribution >= 4 is 39.1 Å². The summed E-state index contributed by atoms with van der Waals surface area (Å²) in [6, 6.07) is 12.5. The first kappa shape index (κ1) is 25.1. The van der Waals surface area contributed by atoms with Crippen LogP contribution < -0.4 is 14.4 Å². The Bertz CT molecular complexity index is 1150. The van der Waals surface area contributed by atoms with E-state index in [0.717, 1.165) is 12.1 Å². The van der Waals surface area contributed by atoms with Crippen LogP contribution in [-0.2, 0) is 14.8 Å². The monoisotopic (exact) mass is 494 g/mol. The van der Waals surface area contributed by atoms with Crippen LogP contribution in [0.25, 0.3) is 0 Å². The van der Waals surface area contributed by atoms with Crippen LogP contribution in [0, 0.1) is 0 Å². The van der Waals surface area contributed by atoms with E-state index in [0.29, 0.717) is 36.2 Å². The molecule has 0 spiro atoms. The molecule has 0 amide bonds.